The van der Waals surface area contributed by atoms with Gasteiger partial charge in [-0.3, -0.25) is 10.1 Å². The highest BCUT2D eigenvalue weighted by Gasteiger charge is 2.25. The molecule has 1 N–H and O–H groups in total. The summed E-state index contributed by atoms with van der Waals surface area (Å²) in [6.07, 6.45) is 1.73. The van der Waals surface area contributed by atoms with Crippen LogP contribution in [0.15, 0.2) is 72.8 Å². The van der Waals surface area contributed by atoms with Gasteiger partial charge in [0.25, 0.3) is 5.69 Å². The molecule has 0 spiro atoms. The molecule has 1 saturated heterocycles. The molecule has 6 nitrogen and oxygen atoms in total. The van der Waals surface area contributed by atoms with Crippen molar-refractivity contribution in [3.63, 3.8) is 0 Å². The largest absolute Gasteiger partial charge is 0.373 e. The molecular weight excluding hydrogens is 354 g/mol. The van der Waals surface area contributed by atoms with Crippen LogP contribution in [0.1, 0.15) is 24.5 Å². The van der Waals surface area contributed by atoms with Crippen LogP contribution < -0.4 is 5.32 Å². The van der Waals surface area contributed by atoms with Crippen molar-refractivity contribution in [1.29, 1.82) is 0 Å². The number of ether oxygens (including phenoxy) is 1. The van der Waals surface area contributed by atoms with Gasteiger partial charge >= 0.3 is 0 Å². The normalized spacial score (nSPS) is 19.1. The van der Waals surface area contributed by atoms with Crippen molar-refractivity contribution >= 4 is 11.5 Å². The average Bonchev–Trinajstić information content (AvgIpc) is 2.75. The van der Waals surface area contributed by atoms with Crippen LogP contribution in [0.5, 0.6) is 0 Å². The zero-order valence-corrected chi connectivity index (χ0v) is 15.3. The van der Waals surface area contributed by atoms with E-state index in [9.17, 15) is 10.1 Å². The lowest BCUT2D eigenvalue weighted by molar-refractivity contribution is -0.384. The molecule has 6 heteroatoms. The molecule has 2 aromatic carbocycles. The summed E-state index contributed by atoms with van der Waals surface area (Å²) in [4.78, 5) is 15.6. The Kier molecular flexibility index (Phi) is 5.30. The van der Waals surface area contributed by atoms with E-state index in [1.54, 1.807) is 6.07 Å². The average molecular weight is 375 g/mol. The smallest absolute Gasteiger partial charge is 0.295 e. The number of anilines is 1. The van der Waals surface area contributed by atoms with Crippen LogP contribution in [0.2, 0.25) is 0 Å². The van der Waals surface area contributed by atoms with Crippen molar-refractivity contribution in [3.05, 3.63) is 88.5 Å². The van der Waals surface area contributed by atoms with Crippen molar-refractivity contribution in [3.8, 4) is 11.3 Å². The molecule has 2 unspecified atom stereocenters. The van der Waals surface area contributed by atoms with Gasteiger partial charge in [-0.05, 0) is 24.5 Å². The first-order valence-corrected chi connectivity index (χ1v) is 9.34. The Labute approximate surface area is 163 Å². The van der Waals surface area contributed by atoms with E-state index < -0.39 is 0 Å². The SMILES string of the molecule is O=[N+]([O-])c1ccc(NC2CCOC(c3ccccc3)C2)nc1-c1ccccc1. The van der Waals surface area contributed by atoms with Gasteiger partial charge in [0.15, 0.2) is 5.69 Å². The van der Waals surface area contributed by atoms with Crippen LogP contribution in [0, 0.1) is 10.1 Å². The topological polar surface area (TPSA) is 77.3 Å². The first-order valence-electron chi connectivity index (χ1n) is 9.34. The van der Waals surface area contributed by atoms with Gasteiger partial charge < -0.3 is 10.1 Å². The number of hydrogen-bond acceptors (Lipinski definition) is 5. The number of benzene rings is 2. The maximum atomic E-state index is 11.4. The number of rotatable bonds is 5. The molecule has 1 aliphatic heterocycles. The highest BCUT2D eigenvalue weighted by Crippen LogP contribution is 2.32. The minimum absolute atomic E-state index is 0.00545. The third-order valence-corrected chi connectivity index (χ3v) is 4.93. The van der Waals surface area contributed by atoms with Gasteiger partial charge in [0.05, 0.1) is 11.0 Å². The van der Waals surface area contributed by atoms with Crippen molar-refractivity contribution < 1.29 is 9.66 Å². The Morgan fingerprint density at radius 1 is 1.00 bits per heavy atom. The molecular formula is C22H21N3O3. The maximum Gasteiger partial charge on any atom is 0.295 e. The van der Waals surface area contributed by atoms with Crippen molar-refractivity contribution in [1.82, 2.24) is 4.98 Å². The lowest BCUT2D eigenvalue weighted by Gasteiger charge is -2.30. The molecule has 1 aromatic heterocycles. The van der Waals surface area contributed by atoms with Gasteiger partial charge in [-0.25, -0.2) is 4.98 Å². The Morgan fingerprint density at radius 3 is 2.43 bits per heavy atom. The second-order valence-electron chi connectivity index (χ2n) is 6.82. The molecule has 2 atom stereocenters. The van der Waals surface area contributed by atoms with E-state index in [1.807, 2.05) is 48.5 Å². The fraction of sp³-hybridized carbons (Fsp3) is 0.227. The summed E-state index contributed by atoms with van der Waals surface area (Å²) in [5.41, 5.74) is 2.27. The standard InChI is InChI=1S/C22H21N3O3/c26-25(27)19-11-12-21(24-22(19)17-9-5-2-6-10-17)23-18-13-14-28-20(15-18)16-7-3-1-4-8-16/h1-12,18,20H,13-15H2,(H,23,24). The maximum absolute atomic E-state index is 11.4. The quantitative estimate of drug-likeness (QED) is 0.502. The van der Waals surface area contributed by atoms with E-state index in [0.717, 1.165) is 24.0 Å². The summed E-state index contributed by atoms with van der Waals surface area (Å²) < 4.78 is 5.93. The van der Waals surface area contributed by atoms with Crippen LogP contribution in [0.4, 0.5) is 11.5 Å². The number of pyridine rings is 1. The third-order valence-electron chi connectivity index (χ3n) is 4.93. The van der Waals surface area contributed by atoms with Gasteiger partial charge in [-0.2, -0.15) is 0 Å². The minimum atomic E-state index is -0.390. The van der Waals surface area contributed by atoms with Crippen LogP contribution in [-0.2, 0) is 4.74 Å². The fourth-order valence-electron chi connectivity index (χ4n) is 3.53. The van der Waals surface area contributed by atoms with Gasteiger partial charge in [0, 0.05) is 24.3 Å². The molecule has 1 fully saturated rings. The number of nitro groups is 1. The van der Waals surface area contributed by atoms with E-state index in [1.165, 1.54) is 6.07 Å². The molecule has 1 aliphatic rings. The lowest BCUT2D eigenvalue weighted by Crippen LogP contribution is -2.30. The molecule has 2 heterocycles. The zero-order valence-electron chi connectivity index (χ0n) is 15.3. The Bertz CT molecular complexity index is 948. The number of nitrogens with one attached hydrogen (secondary N) is 1. The van der Waals surface area contributed by atoms with Gasteiger partial charge in [-0.15, -0.1) is 0 Å². The molecule has 0 amide bonds. The molecule has 0 saturated carbocycles. The Morgan fingerprint density at radius 2 is 1.71 bits per heavy atom. The van der Waals surface area contributed by atoms with Crippen molar-refractivity contribution in [2.45, 2.75) is 25.0 Å². The van der Waals surface area contributed by atoms with Crippen LogP contribution in [0.3, 0.4) is 0 Å². The second-order valence-corrected chi connectivity index (χ2v) is 6.82. The third kappa shape index (κ3) is 4.02. The zero-order chi connectivity index (χ0) is 19.3. The predicted octanol–water partition coefficient (Wildman–Crippen LogP) is 4.99. The van der Waals surface area contributed by atoms with E-state index in [4.69, 9.17) is 4.74 Å². The summed E-state index contributed by atoms with van der Waals surface area (Å²) in [6, 6.07) is 22.8. The Hall–Kier alpha value is -3.25. The van der Waals surface area contributed by atoms with E-state index in [2.05, 4.69) is 22.4 Å². The summed E-state index contributed by atoms with van der Waals surface area (Å²) in [6.45, 7) is 0.662. The fourth-order valence-corrected chi connectivity index (χ4v) is 3.53. The summed E-state index contributed by atoms with van der Waals surface area (Å²) in [5, 5.41) is 14.9. The van der Waals surface area contributed by atoms with Crippen LogP contribution in [-0.4, -0.2) is 22.6 Å². The van der Waals surface area contributed by atoms with Crippen molar-refractivity contribution in [2.24, 2.45) is 0 Å². The lowest BCUT2D eigenvalue weighted by atomic mass is 9.97. The molecule has 0 bridgehead atoms. The van der Waals surface area contributed by atoms with Crippen molar-refractivity contribution in [2.75, 3.05) is 11.9 Å². The van der Waals surface area contributed by atoms with Gasteiger partial charge in [-0.1, -0.05) is 60.7 Å². The molecule has 0 radical (unpaired) electrons. The molecule has 28 heavy (non-hydrogen) atoms. The Balaban J connectivity index is 1.55. The minimum Gasteiger partial charge on any atom is -0.373 e. The molecule has 0 aliphatic carbocycles. The summed E-state index contributed by atoms with van der Waals surface area (Å²) in [7, 11) is 0. The van der Waals surface area contributed by atoms with E-state index in [0.29, 0.717) is 18.1 Å². The van der Waals surface area contributed by atoms with Gasteiger partial charge in [0.1, 0.15) is 5.82 Å². The molecule has 4 rings (SSSR count). The summed E-state index contributed by atoms with van der Waals surface area (Å²) >= 11 is 0. The van der Waals surface area contributed by atoms with Crippen LogP contribution in [0.25, 0.3) is 11.3 Å². The molecule has 142 valence electrons. The first kappa shape index (κ1) is 18.1. The number of nitrogens with zero attached hydrogens (tertiary/aromatic N) is 2. The predicted molar refractivity (Wildman–Crippen MR) is 108 cm³/mol. The van der Waals surface area contributed by atoms with Crippen LogP contribution >= 0.6 is 0 Å². The first-order chi connectivity index (χ1) is 13.7. The number of hydrogen-bond donors (Lipinski definition) is 1. The van der Waals surface area contributed by atoms with E-state index in [-0.39, 0.29) is 22.8 Å². The highest BCUT2D eigenvalue weighted by molar-refractivity contribution is 5.71. The number of aromatic nitrogens is 1. The summed E-state index contributed by atoms with van der Waals surface area (Å²) in [5.74, 6) is 0.642. The van der Waals surface area contributed by atoms with Gasteiger partial charge in [0.2, 0.25) is 0 Å². The highest BCUT2D eigenvalue weighted by atomic mass is 16.6. The second kappa shape index (κ2) is 8.19. The van der Waals surface area contributed by atoms with E-state index >= 15 is 0 Å². The molecule has 3 aromatic rings. The monoisotopic (exact) mass is 375 g/mol.